The van der Waals surface area contributed by atoms with Crippen LogP contribution >= 0.6 is 0 Å². The normalized spacial score (nSPS) is 19.2. The van der Waals surface area contributed by atoms with Crippen LogP contribution in [0.25, 0.3) is 22.5 Å². The smallest absolute Gasteiger partial charge is 0.135 e. The van der Waals surface area contributed by atoms with Crippen molar-refractivity contribution < 1.29 is 13.5 Å². The van der Waals surface area contributed by atoms with Crippen LogP contribution in [0.3, 0.4) is 0 Å². The predicted octanol–water partition coefficient (Wildman–Crippen LogP) is 3.38. The summed E-state index contributed by atoms with van der Waals surface area (Å²) in [7, 11) is 1.67. The highest BCUT2D eigenvalue weighted by molar-refractivity contribution is 5.78. The lowest BCUT2D eigenvalue weighted by Crippen LogP contribution is -2.36. The van der Waals surface area contributed by atoms with Crippen molar-refractivity contribution in [3.8, 4) is 22.5 Å². The summed E-state index contributed by atoms with van der Waals surface area (Å²) in [5, 5.41) is 0. The topological polar surface area (TPSA) is 51.1 Å². The molecule has 1 aromatic heterocycles. The molecule has 1 fully saturated rings. The Balaban J connectivity index is 1.72. The maximum absolute atomic E-state index is 14.6. The van der Waals surface area contributed by atoms with Gasteiger partial charge in [-0.3, -0.25) is 10.9 Å². The molecule has 0 radical (unpaired) electrons. The zero-order valence-electron chi connectivity index (χ0n) is 15.5. The van der Waals surface area contributed by atoms with Crippen molar-refractivity contribution in [1.29, 1.82) is 0 Å². The van der Waals surface area contributed by atoms with Crippen LogP contribution in [-0.4, -0.2) is 35.4 Å². The van der Waals surface area contributed by atoms with Crippen molar-refractivity contribution in [2.24, 2.45) is 0 Å². The molecule has 2 N–H and O–H groups in total. The molecule has 3 aromatic rings. The fraction of sp³-hybridized carbons (Fsp3) is 0.286. The Labute approximate surface area is 162 Å². The Hall–Kier alpha value is -2.61. The first kappa shape index (κ1) is 18.7. The van der Waals surface area contributed by atoms with Crippen molar-refractivity contribution in [2.45, 2.75) is 25.0 Å². The van der Waals surface area contributed by atoms with Gasteiger partial charge < -0.3 is 9.30 Å². The van der Waals surface area contributed by atoms with Crippen LogP contribution in [0.15, 0.2) is 54.9 Å². The van der Waals surface area contributed by atoms with Gasteiger partial charge in [-0.05, 0) is 18.6 Å². The molecule has 1 saturated heterocycles. The van der Waals surface area contributed by atoms with E-state index in [2.05, 4.69) is 15.8 Å². The Morgan fingerprint density at radius 2 is 1.89 bits per heavy atom. The molecule has 146 valence electrons. The molecule has 2 unspecified atom stereocenters. The minimum Gasteiger partial charge on any atom is -0.383 e. The maximum atomic E-state index is 14.6. The van der Waals surface area contributed by atoms with Gasteiger partial charge in [-0.2, -0.15) is 0 Å². The molecule has 28 heavy (non-hydrogen) atoms. The number of rotatable bonds is 6. The Morgan fingerprint density at radius 1 is 1.11 bits per heavy atom. The molecule has 2 atom stereocenters. The second kappa shape index (κ2) is 8.18. The summed E-state index contributed by atoms with van der Waals surface area (Å²) in [6.45, 7) is 1.21. The molecule has 7 heteroatoms. The molecule has 5 nitrogen and oxygen atoms in total. The summed E-state index contributed by atoms with van der Waals surface area (Å²) in [5.41, 5.74) is 9.00. The number of methoxy groups -OCH3 is 1. The van der Waals surface area contributed by atoms with E-state index < -0.39 is 11.6 Å². The lowest BCUT2D eigenvalue weighted by Gasteiger charge is -2.15. The highest BCUT2D eigenvalue weighted by Crippen LogP contribution is 2.33. The van der Waals surface area contributed by atoms with E-state index in [4.69, 9.17) is 4.74 Å². The maximum Gasteiger partial charge on any atom is 0.135 e. The van der Waals surface area contributed by atoms with Gasteiger partial charge in [0.05, 0.1) is 24.3 Å². The summed E-state index contributed by atoms with van der Waals surface area (Å²) >= 11 is 0. The Kier molecular flexibility index (Phi) is 5.47. The number of ether oxygens (including phenoxy) is 1. The lowest BCUT2D eigenvalue weighted by molar-refractivity contribution is 0.171. The fourth-order valence-corrected chi connectivity index (χ4v) is 3.66. The van der Waals surface area contributed by atoms with Gasteiger partial charge >= 0.3 is 0 Å². The van der Waals surface area contributed by atoms with E-state index in [0.717, 1.165) is 18.1 Å². The molecule has 1 aliphatic heterocycles. The van der Waals surface area contributed by atoms with Crippen LogP contribution in [-0.2, 0) is 11.3 Å². The molecule has 0 aliphatic carbocycles. The van der Waals surface area contributed by atoms with Gasteiger partial charge in [-0.15, -0.1) is 0 Å². The molecular formula is C21H22F2N4O. The summed E-state index contributed by atoms with van der Waals surface area (Å²) in [5.74, 6) is -1.20. The van der Waals surface area contributed by atoms with E-state index in [-0.39, 0.29) is 12.1 Å². The highest BCUT2D eigenvalue weighted by Gasteiger charge is 2.26. The molecule has 0 spiro atoms. The average Bonchev–Trinajstić information content (AvgIpc) is 3.30. The zero-order valence-corrected chi connectivity index (χ0v) is 15.5. The molecule has 0 saturated carbocycles. The van der Waals surface area contributed by atoms with Crippen LogP contribution in [0.4, 0.5) is 8.78 Å². The monoisotopic (exact) mass is 384 g/mol. The van der Waals surface area contributed by atoms with Gasteiger partial charge in [0.15, 0.2) is 0 Å². The quantitative estimate of drug-likeness (QED) is 0.684. The van der Waals surface area contributed by atoms with Crippen LogP contribution < -0.4 is 10.9 Å². The van der Waals surface area contributed by atoms with Gasteiger partial charge in [0, 0.05) is 42.9 Å². The molecule has 0 amide bonds. The van der Waals surface area contributed by atoms with E-state index in [1.807, 2.05) is 34.9 Å². The summed E-state index contributed by atoms with van der Waals surface area (Å²) in [6.07, 6.45) is 2.59. The van der Waals surface area contributed by atoms with Crippen molar-refractivity contribution in [3.05, 3.63) is 66.5 Å². The van der Waals surface area contributed by atoms with Gasteiger partial charge in [-0.1, -0.05) is 30.3 Å². The summed E-state index contributed by atoms with van der Waals surface area (Å²) < 4.78 is 35.2. The molecule has 2 aromatic carbocycles. The predicted molar refractivity (Wildman–Crippen MR) is 103 cm³/mol. The number of hydrogen-bond donors (Lipinski definition) is 2. The van der Waals surface area contributed by atoms with Crippen molar-refractivity contribution in [1.82, 2.24) is 20.4 Å². The molecule has 4 rings (SSSR count). The third-order valence-corrected chi connectivity index (χ3v) is 4.92. The standard InChI is InChI=1S/C21H22F2N4O/c1-28-12-17-10-16(25-26-17)11-27-13-24-20(14-5-3-2-4-6-14)21(27)18-8-7-15(22)9-19(18)23/h2-9,13,16-17,25-26H,10-12H2,1H3. The minimum absolute atomic E-state index is 0.139. The second-order valence-corrected chi connectivity index (χ2v) is 6.96. The Morgan fingerprint density at radius 3 is 2.64 bits per heavy atom. The van der Waals surface area contributed by atoms with Crippen molar-refractivity contribution in [2.75, 3.05) is 13.7 Å². The van der Waals surface area contributed by atoms with Gasteiger partial charge in [0.1, 0.15) is 11.6 Å². The summed E-state index contributed by atoms with van der Waals surface area (Å²) in [6, 6.07) is 13.6. The lowest BCUT2D eigenvalue weighted by atomic mass is 10.0. The number of hydrazine groups is 1. The number of benzene rings is 2. The first-order valence-electron chi connectivity index (χ1n) is 9.21. The number of imidazole rings is 1. The number of nitrogens with one attached hydrogen (secondary N) is 2. The van der Waals surface area contributed by atoms with E-state index in [1.165, 1.54) is 12.1 Å². The SMILES string of the molecule is COCC1CC(Cn2cnc(-c3ccccc3)c2-c2ccc(F)cc2F)NN1. The van der Waals surface area contributed by atoms with Crippen molar-refractivity contribution in [3.63, 3.8) is 0 Å². The first-order valence-corrected chi connectivity index (χ1v) is 9.21. The fourth-order valence-electron chi connectivity index (χ4n) is 3.66. The highest BCUT2D eigenvalue weighted by atomic mass is 19.1. The van der Waals surface area contributed by atoms with E-state index in [1.54, 1.807) is 13.4 Å². The summed E-state index contributed by atoms with van der Waals surface area (Å²) in [4.78, 5) is 4.55. The van der Waals surface area contributed by atoms with E-state index in [9.17, 15) is 8.78 Å². The third-order valence-electron chi connectivity index (χ3n) is 4.92. The number of halogens is 2. The Bertz CT molecular complexity index is 945. The molecule has 1 aliphatic rings. The average molecular weight is 384 g/mol. The second-order valence-electron chi connectivity index (χ2n) is 6.96. The van der Waals surface area contributed by atoms with Crippen LogP contribution in [0.2, 0.25) is 0 Å². The van der Waals surface area contributed by atoms with Crippen molar-refractivity contribution >= 4 is 0 Å². The first-order chi connectivity index (χ1) is 13.7. The number of hydrogen-bond acceptors (Lipinski definition) is 4. The third kappa shape index (κ3) is 3.82. The van der Waals surface area contributed by atoms with Gasteiger partial charge in [-0.25, -0.2) is 13.8 Å². The molecule has 2 heterocycles. The van der Waals surface area contributed by atoms with Gasteiger partial charge in [0.25, 0.3) is 0 Å². The zero-order chi connectivity index (χ0) is 19.5. The molecule has 0 bridgehead atoms. The van der Waals surface area contributed by atoms with Crippen LogP contribution in [0, 0.1) is 11.6 Å². The van der Waals surface area contributed by atoms with Crippen LogP contribution in [0.5, 0.6) is 0 Å². The largest absolute Gasteiger partial charge is 0.383 e. The van der Waals surface area contributed by atoms with Crippen LogP contribution in [0.1, 0.15) is 6.42 Å². The molecular weight excluding hydrogens is 362 g/mol. The van der Waals surface area contributed by atoms with E-state index >= 15 is 0 Å². The van der Waals surface area contributed by atoms with Gasteiger partial charge in [0.2, 0.25) is 0 Å². The minimum atomic E-state index is -0.603. The van der Waals surface area contributed by atoms with E-state index in [0.29, 0.717) is 30.1 Å². The number of nitrogens with zero attached hydrogens (tertiary/aromatic N) is 2. The number of aromatic nitrogens is 2.